The van der Waals surface area contributed by atoms with E-state index in [9.17, 15) is 0 Å². The predicted molar refractivity (Wildman–Crippen MR) is 51.8 cm³/mol. The van der Waals surface area contributed by atoms with Crippen LogP contribution in [0.5, 0.6) is 0 Å². The Balaban J connectivity index is 2.58. The molecule has 3 rings (SSSR count). The lowest BCUT2D eigenvalue weighted by atomic mass is 10.2. The molecule has 0 atom stereocenters. The fourth-order valence-electron chi connectivity index (χ4n) is 1.53. The van der Waals surface area contributed by atoms with Crippen molar-refractivity contribution in [1.29, 1.82) is 0 Å². The van der Waals surface area contributed by atoms with Gasteiger partial charge in [0.1, 0.15) is 0 Å². The van der Waals surface area contributed by atoms with Gasteiger partial charge in [0.05, 0.1) is 23.2 Å². The second kappa shape index (κ2) is 2.51. The summed E-state index contributed by atoms with van der Waals surface area (Å²) in [5.41, 5.74) is 2.48. The van der Waals surface area contributed by atoms with Crippen molar-refractivity contribution in [3.05, 3.63) is 30.2 Å². The molecule has 68 valence electrons. The third-order valence-electron chi connectivity index (χ3n) is 2.18. The van der Waals surface area contributed by atoms with Crippen LogP contribution in [0.3, 0.4) is 0 Å². The van der Waals surface area contributed by atoms with Gasteiger partial charge in [0.25, 0.3) is 0 Å². The van der Waals surface area contributed by atoms with Crippen molar-refractivity contribution in [3.63, 3.8) is 0 Å². The van der Waals surface area contributed by atoms with Gasteiger partial charge in [-0.25, -0.2) is 4.98 Å². The third-order valence-corrected chi connectivity index (χ3v) is 2.18. The van der Waals surface area contributed by atoms with Crippen molar-refractivity contribution in [2.24, 2.45) is 0 Å². The average molecular weight is 185 g/mol. The van der Waals surface area contributed by atoms with Crippen LogP contribution in [0.2, 0.25) is 0 Å². The van der Waals surface area contributed by atoms with Gasteiger partial charge < -0.3 is 4.42 Å². The summed E-state index contributed by atoms with van der Waals surface area (Å²) in [6, 6.07) is 2.04. The van der Waals surface area contributed by atoms with Crippen LogP contribution in [0.1, 0.15) is 5.56 Å². The largest absolute Gasteiger partial charge is 0.436 e. The van der Waals surface area contributed by atoms with Crippen LogP contribution < -0.4 is 0 Å². The van der Waals surface area contributed by atoms with E-state index in [4.69, 9.17) is 4.42 Å². The highest BCUT2D eigenvalue weighted by Crippen LogP contribution is 2.25. The molecule has 14 heavy (non-hydrogen) atoms. The minimum atomic E-state index is 0.639. The van der Waals surface area contributed by atoms with Crippen LogP contribution in [0, 0.1) is 6.92 Å². The predicted octanol–water partition coefficient (Wildman–Crippen LogP) is 2.08. The Morgan fingerprint density at radius 2 is 1.93 bits per heavy atom. The third kappa shape index (κ3) is 0.907. The van der Waals surface area contributed by atoms with Gasteiger partial charge in [0.2, 0.25) is 5.71 Å². The van der Waals surface area contributed by atoms with E-state index in [0.717, 1.165) is 21.9 Å². The Morgan fingerprint density at radius 3 is 2.86 bits per heavy atom. The van der Waals surface area contributed by atoms with Crippen LogP contribution in [-0.2, 0) is 0 Å². The molecule has 0 N–H and O–H groups in total. The molecule has 0 aliphatic rings. The lowest BCUT2D eigenvalue weighted by Gasteiger charge is -1.89. The summed E-state index contributed by atoms with van der Waals surface area (Å²) in [5, 5.41) is 9.55. The lowest BCUT2D eigenvalue weighted by Crippen LogP contribution is -1.77. The number of nitrogens with zero attached hydrogens (tertiary/aromatic N) is 3. The van der Waals surface area contributed by atoms with Crippen LogP contribution in [0.15, 0.2) is 29.1 Å². The molecular weight excluding hydrogens is 178 g/mol. The first-order chi connectivity index (χ1) is 6.84. The normalized spacial score (nSPS) is 11.2. The SMILES string of the molecule is Cc1cnc2oc3cnncc3c2c1. The summed E-state index contributed by atoms with van der Waals surface area (Å²) in [6.07, 6.45) is 5.08. The first kappa shape index (κ1) is 7.44. The zero-order valence-corrected chi connectivity index (χ0v) is 7.56. The molecule has 0 aliphatic heterocycles. The van der Waals surface area contributed by atoms with Gasteiger partial charge in [0.15, 0.2) is 5.58 Å². The number of fused-ring (bicyclic) bond motifs is 3. The van der Waals surface area contributed by atoms with Crippen molar-refractivity contribution in [1.82, 2.24) is 15.2 Å². The molecule has 4 nitrogen and oxygen atoms in total. The van der Waals surface area contributed by atoms with Crippen LogP contribution >= 0.6 is 0 Å². The van der Waals surface area contributed by atoms with Crippen molar-refractivity contribution in [2.45, 2.75) is 6.92 Å². The van der Waals surface area contributed by atoms with E-state index >= 15 is 0 Å². The number of aromatic nitrogens is 3. The van der Waals surface area contributed by atoms with Crippen LogP contribution in [0.25, 0.3) is 22.1 Å². The van der Waals surface area contributed by atoms with E-state index in [0.29, 0.717) is 5.71 Å². The second-order valence-electron chi connectivity index (χ2n) is 3.23. The molecule has 3 heterocycles. The molecule has 0 amide bonds. The molecule has 0 aliphatic carbocycles. The highest BCUT2D eigenvalue weighted by Gasteiger charge is 2.07. The van der Waals surface area contributed by atoms with Crippen molar-refractivity contribution in [3.8, 4) is 0 Å². The highest BCUT2D eigenvalue weighted by molar-refractivity contribution is 6.02. The number of pyridine rings is 1. The first-order valence-corrected chi connectivity index (χ1v) is 4.30. The zero-order chi connectivity index (χ0) is 9.54. The molecule has 0 spiro atoms. The van der Waals surface area contributed by atoms with Crippen molar-refractivity contribution >= 4 is 22.1 Å². The summed E-state index contributed by atoms with van der Waals surface area (Å²) < 4.78 is 5.49. The number of hydrogen-bond donors (Lipinski definition) is 0. The van der Waals surface area contributed by atoms with E-state index in [1.807, 2.05) is 13.0 Å². The Bertz CT molecular complexity index is 615. The first-order valence-electron chi connectivity index (χ1n) is 4.30. The lowest BCUT2D eigenvalue weighted by molar-refractivity contribution is 0.650. The van der Waals surface area contributed by atoms with Gasteiger partial charge in [-0.3, -0.25) is 0 Å². The molecular formula is C10H7N3O. The molecule has 0 fully saturated rings. The number of hydrogen-bond acceptors (Lipinski definition) is 4. The topological polar surface area (TPSA) is 51.8 Å². The molecule has 4 heteroatoms. The van der Waals surface area contributed by atoms with Gasteiger partial charge in [-0.1, -0.05) is 0 Å². The van der Waals surface area contributed by atoms with Gasteiger partial charge in [0, 0.05) is 6.20 Å². The summed E-state index contributed by atoms with van der Waals surface area (Å²) in [6.45, 7) is 2.00. The van der Waals surface area contributed by atoms with Crippen LogP contribution in [-0.4, -0.2) is 15.2 Å². The quantitative estimate of drug-likeness (QED) is 0.538. The van der Waals surface area contributed by atoms with Gasteiger partial charge in [-0.15, -0.1) is 0 Å². The standard InChI is InChI=1S/C10H7N3O/c1-6-2-7-8-4-12-13-5-9(8)14-10(7)11-3-6/h2-5H,1H3. The maximum Gasteiger partial charge on any atom is 0.227 e. The summed E-state index contributed by atoms with van der Waals surface area (Å²) in [7, 11) is 0. The van der Waals surface area contributed by atoms with E-state index < -0.39 is 0 Å². The summed E-state index contributed by atoms with van der Waals surface area (Å²) >= 11 is 0. The average Bonchev–Trinajstić information content (AvgIpc) is 2.56. The Kier molecular flexibility index (Phi) is 1.33. The fraction of sp³-hybridized carbons (Fsp3) is 0.100. The molecule has 0 unspecified atom stereocenters. The minimum Gasteiger partial charge on any atom is -0.436 e. The molecule has 3 aromatic rings. The maximum absolute atomic E-state index is 5.49. The fourth-order valence-corrected chi connectivity index (χ4v) is 1.53. The Hall–Kier alpha value is -1.97. The maximum atomic E-state index is 5.49. The monoisotopic (exact) mass is 185 g/mol. The van der Waals surface area contributed by atoms with E-state index in [-0.39, 0.29) is 0 Å². The number of furan rings is 1. The highest BCUT2D eigenvalue weighted by atomic mass is 16.3. The van der Waals surface area contributed by atoms with Crippen LogP contribution in [0.4, 0.5) is 0 Å². The van der Waals surface area contributed by atoms with E-state index in [1.54, 1.807) is 18.6 Å². The van der Waals surface area contributed by atoms with Gasteiger partial charge >= 0.3 is 0 Å². The number of aryl methyl sites for hydroxylation is 1. The minimum absolute atomic E-state index is 0.639. The van der Waals surface area contributed by atoms with Gasteiger partial charge in [-0.2, -0.15) is 10.2 Å². The molecule has 3 aromatic heterocycles. The summed E-state index contributed by atoms with van der Waals surface area (Å²) in [5.74, 6) is 0. The number of rotatable bonds is 0. The Morgan fingerprint density at radius 1 is 1.07 bits per heavy atom. The zero-order valence-electron chi connectivity index (χ0n) is 7.56. The Labute approximate surface area is 79.6 Å². The van der Waals surface area contributed by atoms with Crippen molar-refractivity contribution < 1.29 is 4.42 Å². The summed E-state index contributed by atoms with van der Waals surface area (Å²) in [4.78, 5) is 4.20. The smallest absolute Gasteiger partial charge is 0.227 e. The van der Waals surface area contributed by atoms with E-state index in [1.165, 1.54) is 0 Å². The molecule has 0 aromatic carbocycles. The second-order valence-corrected chi connectivity index (χ2v) is 3.23. The van der Waals surface area contributed by atoms with Gasteiger partial charge in [-0.05, 0) is 18.6 Å². The molecule has 0 bridgehead atoms. The molecule has 0 saturated heterocycles. The van der Waals surface area contributed by atoms with Crippen molar-refractivity contribution in [2.75, 3.05) is 0 Å². The molecule has 0 saturated carbocycles. The molecule has 0 radical (unpaired) electrons. The van der Waals surface area contributed by atoms with E-state index in [2.05, 4.69) is 15.2 Å².